The van der Waals surface area contributed by atoms with Gasteiger partial charge in [0.1, 0.15) is 6.04 Å². The second kappa shape index (κ2) is 8.22. The van der Waals surface area contributed by atoms with Gasteiger partial charge in [-0.3, -0.25) is 4.79 Å². The Morgan fingerprint density at radius 1 is 1.41 bits per heavy atom. The number of likely N-dealkylation sites (N-methyl/N-ethyl adjacent to an activating group) is 1. The maximum atomic E-state index is 13.1. The van der Waals surface area contributed by atoms with E-state index in [2.05, 4.69) is 6.58 Å². The number of hydrogen-bond acceptors (Lipinski definition) is 3. The number of aliphatic carboxylic acids is 1. The Bertz CT molecular complexity index is 406. The van der Waals surface area contributed by atoms with Crippen LogP contribution in [-0.4, -0.2) is 65.4 Å². The molecule has 1 rings (SSSR count). The number of likely N-dealkylation sites (tertiary alicyclic amines) is 1. The van der Waals surface area contributed by atoms with Crippen molar-refractivity contribution in [3.8, 4) is 0 Å². The van der Waals surface area contributed by atoms with Crippen LogP contribution in [0.5, 0.6) is 0 Å². The number of carbonyl (C=O) groups is 2. The molecular formula is C15H24F2N2O3. The SMILES string of the molecule is C=CCCC(=O)N(C)[C@@H](CCN1CCC(F)(F)CC1)C(=O)O. The highest BCUT2D eigenvalue weighted by Gasteiger charge is 2.34. The molecule has 0 bridgehead atoms. The molecule has 0 spiro atoms. The van der Waals surface area contributed by atoms with Crippen molar-refractivity contribution in [1.29, 1.82) is 0 Å². The van der Waals surface area contributed by atoms with E-state index in [0.29, 0.717) is 13.0 Å². The summed E-state index contributed by atoms with van der Waals surface area (Å²) in [6, 6.07) is -0.931. The third-order valence-corrected chi connectivity index (χ3v) is 4.01. The van der Waals surface area contributed by atoms with E-state index in [0.717, 1.165) is 0 Å². The van der Waals surface area contributed by atoms with E-state index in [1.807, 2.05) is 4.90 Å². The van der Waals surface area contributed by atoms with E-state index in [1.54, 1.807) is 6.08 Å². The molecule has 1 aliphatic rings. The van der Waals surface area contributed by atoms with Gasteiger partial charge in [0, 0.05) is 45.9 Å². The van der Waals surface area contributed by atoms with Crippen LogP contribution in [0.3, 0.4) is 0 Å². The Morgan fingerprint density at radius 2 is 2.00 bits per heavy atom. The number of hydrogen-bond donors (Lipinski definition) is 1. The Labute approximate surface area is 129 Å². The molecule has 1 atom stereocenters. The summed E-state index contributed by atoms with van der Waals surface area (Å²) >= 11 is 0. The zero-order valence-electron chi connectivity index (χ0n) is 12.9. The summed E-state index contributed by atoms with van der Waals surface area (Å²) in [5.41, 5.74) is 0. The summed E-state index contributed by atoms with van der Waals surface area (Å²) in [7, 11) is 1.47. The first kappa shape index (κ1) is 18.5. The lowest BCUT2D eigenvalue weighted by molar-refractivity contribution is -0.149. The van der Waals surface area contributed by atoms with Gasteiger partial charge in [-0.1, -0.05) is 6.08 Å². The zero-order valence-corrected chi connectivity index (χ0v) is 12.9. The van der Waals surface area contributed by atoms with Crippen LogP contribution < -0.4 is 0 Å². The molecule has 0 radical (unpaired) electrons. The summed E-state index contributed by atoms with van der Waals surface area (Å²) in [5, 5.41) is 9.28. The van der Waals surface area contributed by atoms with Crippen molar-refractivity contribution in [2.24, 2.45) is 0 Å². The molecule has 1 amide bonds. The number of nitrogens with zero attached hydrogens (tertiary/aromatic N) is 2. The monoisotopic (exact) mass is 318 g/mol. The summed E-state index contributed by atoms with van der Waals surface area (Å²) < 4.78 is 26.2. The number of piperidine rings is 1. The molecule has 1 aliphatic heterocycles. The number of alkyl halides is 2. The summed E-state index contributed by atoms with van der Waals surface area (Å²) in [5.74, 6) is -3.94. The minimum Gasteiger partial charge on any atom is -0.480 e. The quantitative estimate of drug-likeness (QED) is 0.695. The lowest BCUT2D eigenvalue weighted by Gasteiger charge is -2.33. The predicted octanol–water partition coefficient (Wildman–Crippen LogP) is 1.99. The molecule has 1 saturated heterocycles. The molecule has 5 nitrogen and oxygen atoms in total. The van der Waals surface area contributed by atoms with E-state index in [-0.39, 0.29) is 44.7 Å². The minimum absolute atomic E-state index is 0.196. The average molecular weight is 318 g/mol. The normalized spacial score (nSPS) is 19.4. The number of allylic oxidation sites excluding steroid dienone is 1. The van der Waals surface area contributed by atoms with Gasteiger partial charge in [-0.05, 0) is 12.8 Å². The lowest BCUT2D eigenvalue weighted by Crippen LogP contribution is -2.46. The fourth-order valence-corrected chi connectivity index (χ4v) is 2.47. The lowest BCUT2D eigenvalue weighted by atomic mass is 10.1. The number of carbonyl (C=O) groups excluding carboxylic acids is 1. The molecule has 1 heterocycles. The van der Waals surface area contributed by atoms with Crippen LogP contribution >= 0.6 is 0 Å². The number of carboxylic acids is 1. The third-order valence-electron chi connectivity index (χ3n) is 4.01. The van der Waals surface area contributed by atoms with Crippen molar-refractivity contribution in [2.45, 2.75) is 44.1 Å². The number of amides is 1. The molecule has 7 heteroatoms. The van der Waals surface area contributed by atoms with E-state index >= 15 is 0 Å². The summed E-state index contributed by atoms with van der Waals surface area (Å²) in [6.45, 7) is 4.44. The molecule has 1 fully saturated rings. The first-order valence-electron chi connectivity index (χ1n) is 7.46. The molecule has 1 N–H and O–H groups in total. The maximum absolute atomic E-state index is 13.1. The molecular weight excluding hydrogens is 294 g/mol. The first-order chi connectivity index (χ1) is 10.3. The fraction of sp³-hybridized carbons (Fsp3) is 0.733. The largest absolute Gasteiger partial charge is 0.480 e. The van der Waals surface area contributed by atoms with Crippen molar-refractivity contribution in [3.63, 3.8) is 0 Å². The topological polar surface area (TPSA) is 60.9 Å². The van der Waals surface area contributed by atoms with E-state index in [1.165, 1.54) is 11.9 Å². The molecule has 0 saturated carbocycles. The molecule has 0 aromatic rings. The van der Waals surface area contributed by atoms with Gasteiger partial charge in [-0.15, -0.1) is 6.58 Å². The van der Waals surface area contributed by atoms with Gasteiger partial charge in [0.05, 0.1) is 0 Å². The minimum atomic E-state index is -2.61. The van der Waals surface area contributed by atoms with Crippen molar-refractivity contribution < 1.29 is 23.5 Å². The number of carboxylic acid groups (broad SMARTS) is 1. The Kier molecular flexibility index (Phi) is 6.93. The number of rotatable bonds is 8. The van der Waals surface area contributed by atoms with E-state index in [9.17, 15) is 23.5 Å². The van der Waals surface area contributed by atoms with Crippen molar-refractivity contribution in [3.05, 3.63) is 12.7 Å². The van der Waals surface area contributed by atoms with Crippen LogP contribution in [0.2, 0.25) is 0 Å². The molecule has 0 aromatic carbocycles. The van der Waals surface area contributed by atoms with Gasteiger partial charge < -0.3 is 14.9 Å². The van der Waals surface area contributed by atoms with Crippen LogP contribution in [-0.2, 0) is 9.59 Å². The molecule has 0 aromatic heterocycles. The van der Waals surface area contributed by atoms with E-state index in [4.69, 9.17) is 0 Å². The van der Waals surface area contributed by atoms with Gasteiger partial charge >= 0.3 is 5.97 Å². The van der Waals surface area contributed by atoms with Gasteiger partial charge in [-0.2, -0.15) is 0 Å². The second-order valence-electron chi connectivity index (χ2n) is 5.67. The Morgan fingerprint density at radius 3 is 2.50 bits per heavy atom. The highest BCUT2D eigenvalue weighted by atomic mass is 19.3. The van der Waals surface area contributed by atoms with Gasteiger partial charge in [0.25, 0.3) is 5.92 Å². The third kappa shape index (κ3) is 5.71. The smallest absolute Gasteiger partial charge is 0.326 e. The highest BCUT2D eigenvalue weighted by molar-refractivity contribution is 5.83. The maximum Gasteiger partial charge on any atom is 0.326 e. The zero-order chi connectivity index (χ0) is 16.8. The van der Waals surface area contributed by atoms with Crippen LogP contribution in [0.25, 0.3) is 0 Å². The van der Waals surface area contributed by atoms with Crippen LogP contribution in [0.1, 0.15) is 32.1 Å². The molecule has 22 heavy (non-hydrogen) atoms. The Hall–Kier alpha value is -1.50. The highest BCUT2D eigenvalue weighted by Crippen LogP contribution is 2.27. The standard InChI is InChI=1S/C15H24F2N2O3/c1-3-4-5-13(20)18(2)12(14(21)22)6-9-19-10-7-15(16,17)8-11-19/h3,12H,1,4-11H2,2H3,(H,21,22)/t12-/m0/s1. The van der Waals surface area contributed by atoms with Crippen molar-refractivity contribution in [2.75, 3.05) is 26.7 Å². The molecule has 126 valence electrons. The Balaban J connectivity index is 2.49. The molecule has 0 unspecified atom stereocenters. The van der Waals surface area contributed by atoms with Gasteiger partial charge in [0.2, 0.25) is 5.91 Å². The van der Waals surface area contributed by atoms with Crippen LogP contribution in [0, 0.1) is 0 Å². The average Bonchev–Trinajstić information content (AvgIpc) is 2.45. The predicted molar refractivity (Wildman–Crippen MR) is 78.9 cm³/mol. The van der Waals surface area contributed by atoms with Crippen LogP contribution in [0.15, 0.2) is 12.7 Å². The molecule has 0 aliphatic carbocycles. The second-order valence-corrected chi connectivity index (χ2v) is 5.67. The fourth-order valence-electron chi connectivity index (χ4n) is 2.47. The van der Waals surface area contributed by atoms with E-state index < -0.39 is 17.9 Å². The van der Waals surface area contributed by atoms with Gasteiger partial charge in [0.15, 0.2) is 0 Å². The summed E-state index contributed by atoms with van der Waals surface area (Å²) in [4.78, 5) is 26.3. The number of halogens is 2. The van der Waals surface area contributed by atoms with Gasteiger partial charge in [-0.25, -0.2) is 13.6 Å². The van der Waals surface area contributed by atoms with Crippen LogP contribution in [0.4, 0.5) is 8.78 Å². The first-order valence-corrected chi connectivity index (χ1v) is 7.46. The van der Waals surface area contributed by atoms with Crippen molar-refractivity contribution in [1.82, 2.24) is 9.80 Å². The van der Waals surface area contributed by atoms with Crippen molar-refractivity contribution >= 4 is 11.9 Å². The summed E-state index contributed by atoms with van der Waals surface area (Å²) in [6.07, 6.45) is 2.17.